The number of aromatic carboxylic acids is 1. The van der Waals surface area contributed by atoms with E-state index in [1.54, 1.807) is 30.5 Å². The standard InChI is InChI=1S/C15H16N2O2/c1-15(2,3)12-8-9-16-13(17-12)10-4-6-11(7-5-10)14(18)19/h4-9H,1-3H3,(H,18,19). The van der Waals surface area contributed by atoms with Crippen molar-refractivity contribution in [1.82, 2.24) is 9.97 Å². The Bertz CT molecular complexity index is 598. The van der Waals surface area contributed by atoms with Gasteiger partial charge in [0.05, 0.1) is 5.56 Å². The van der Waals surface area contributed by atoms with Crippen LogP contribution in [-0.4, -0.2) is 21.0 Å². The van der Waals surface area contributed by atoms with Gasteiger partial charge in [-0.1, -0.05) is 32.9 Å². The molecule has 0 unspecified atom stereocenters. The normalized spacial score (nSPS) is 11.3. The monoisotopic (exact) mass is 256 g/mol. The highest BCUT2D eigenvalue weighted by Gasteiger charge is 2.16. The van der Waals surface area contributed by atoms with Gasteiger partial charge in [-0.3, -0.25) is 0 Å². The van der Waals surface area contributed by atoms with Gasteiger partial charge < -0.3 is 5.11 Å². The Balaban J connectivity index is 2.39. The average molecular weight is 256 g/mol. The molecule has 98 valence electrons. The first-order valence-electron chi connectivity index (χ1n) is 6.05. The van der Waals surface area contributed by atoms with Crippen molar-refractivity contribution in [2.45, 2.75) is 26.2 Å². The third-order valence-electron chi connectivity index (χ3n) is 2.81. The van der Waals surface area contributed by atoms with Gasteiger partial charge in [-0.2, -0.15) is 0 Å². The second-order valence-corrected chi connectivity index (χ2v) is 5.40. The quantitative estimate of drug-likeness (QED) is 0.896. The number of carboxylic acid groups (broad SMARTS) is 1. The summed E-state index contributed by atoms with van der Waals surface area (Å²) < 4.78 is 0. The largest absolute Gasteiger partial charge is 0.478 e. The van der Waals surface area contributed by atoms with Gasteiger partial charge in [-0.25, -0.2) is 14.8 Å². The number of benzene rings is 1. The van der Waals surface area contributed by atoms with E-state index in [4.69, 9.17) is 5.11 Å². The average Bonchev–Trinajstić information content (AvgIpc) is 2.38. The second-order valence-electron chi connectivity index (χ2n) is 5.40. The number of nitrogens with zero attached hydrogens (tertiary/aromatic N) is 2. The topological polar surface area (TPSA) is 63.1 Å². The van der Waals surface area contributed by atoms with E-state index in [2.05, 4.69) is 30.7 Å². The maximum atomic E-state index is 10.8. The lowest BCUT2D eigenvalue weighted by Gasteiger charge is -2.17. The van der Waals surface area contributed by atoms with Crippen LogP contribution in [0.1, 0.15) is 36.8 Å². The van der Waals surface area contributed by atoms with Crippen LogP contribution in [0.25, 0.3) is 11.4 Å². The summed E-state index contributed by atoms with van der Waals surface area (Å²) in [7, 11) is 0. The van der Waals surface area contributed by atoms with Crippen LogP contribution in [0, 0.1) is 0 Å². The highest BCUT2D eigenvalue weighted by atomic mass is 16.4. The molecule has 0 aliphatic carbocycles. The predicted molar refractivity (Wildman–Crippen MR) is 73.1 cm³/mol. The molecule has 1 N–H and O–H groups in total. The Hall–Kier alpha value is -2.23. The van der Waals surface area contributed by atoms with Crippen LogP contribution in [0.2, 0.25) is 0 Å². The van der Waals surface area contributed by atoms with Crippen molar-refractivity contribution in [3.8, 4) is 11.4 Å². The molecule has 0 bridgehead atoms. The molecule has 0 aliphatic rings. The number of hydrogen-bond acceptors (Lipinski definition) is 3. The number of rotatable bonds is 2. The van der Waals surface area contributed by atoms with E-state index in [-0.39, 0.29) is 11.0 Å². The first-order valence-corrected chi connectivity index (χ1v) is 6.05. The number of hydrogen-bond donors (Lipinski definition) is 1. The minimum Gasteiger partial charge on any atom is -0.478 e. The van der Waals surface area contributed by atoms with Gasteiger partial charge in [0.1, 0.15) is 0 Å². The Morgan fingerprint density at radius 2 is 1.74 bits per heavy atom. The van der Waals surface area contributed by atoms with Crippen molar-refractivity contribution in [3.63, 3.8) is 0 Å². The molecule has 0 aliphatic heterocycles. The fraction of sp³-hybridized carbons (Fsp3) is 0.267. The Kier molecular flexibility index (Phi) is 3.34. The summed E-state index contributed by atoms with van der Waals surface area (Å²) in [6.07, 6.45) is 1.73. The number of aromatic nitrogens is 2. The summed E-state index contributed by atoms with van der Waals surface area (Å²) in [6, 6.07) is 8.47. The van der Waals surface area contributed by atoms with Gasteiger partial charge in [0.15, 0.2) is 5.82 Å². The van der Waals surface area contributed by atoms with Crippen LogP contribution in [-0.2, 0) is 5.41 Å². The highest BCUT2D eigenvalue weighted by Crippen LogP contribution is 2.22. The summed E-state index contributed by atoms with van der Waals surface area (Å²) in [5.41, 5.74) is 1.99. The maximum absolute atomic E-state index is 10.8. The molecule has 4 heteroatoms. The van der Waals surface area contributed by atoms with Crippen molar-refractivity contribution in [2.24, 2.45) is 0 Å². The fourth-order valence-corrected chi connectivity index (χ4v) is 1.68. The molecule has 0 amide bonds. The minimum absolute atomic E-state index is 0.0430. The van der Waals surface area contributed by atoms with E-state index in [9.17, 15) is 4.79 Å². The van der Waals surface area contributed by atoms with E-state index in [0.717, 1.165) is 11.3 Å². The van der Waals surface area contributed by atoms with Gasteiger partial charge in [-0.05, 0) is 18.2 Å². The lowest BCUT2D eigenvalue weighted by atomic mass is 9.92. The molecular weight excluding hydrogens is 240 g/mol. The zero-order valence-corrected chi connectivity index (χ0v) is 11.2. The van der Waals surface area contributed by atoms with Crippen LogP contribution in [0.15, 0.2) is 36.5 Å². The second kappa shape index (κ2) is 4.80. The molecule has 19 heavy (non-hydrogen) atoms. The molecule has 2 aromatic rings. The van der Waals surface area contributed by atoms with Gasteiger partial charge in [0, 0.05) is 22.9 Å². The Morgan fingerprint density at radius 3 is 2.26 bits per heavy atom. The van der Waals surface area contributed by atoms with Crippen molar-refractivity contribution in [3.05, 3.63) is 47.8 Å². The van der Waals surface area contributed by atoms with Crippen molar-refractivity contribution < 1.29 is 9.90 Å². The molecule has 0 atom stereocenters. The van der Waals surface area contributed by atoms with E-state index in [0.29, 0.717) is 5.82 Å². The first-order chi connectivity index (χ1) is 8.88. The third kappa shape index (κ3) is 2.96. The summed E-state index contributed by atoms with van der Waals surface area (Å²) >= 11 is 0. The first kappa shape index (κ1) is 13.2. The van der Waals surface area contributed by atoms with Crippen LogP contribution in [0.4, 0.5) is 0 Å². The maximum Gasteiger partial charge on any atom is 0.335 e. The van der Waals surface area contributed by atoms with Crippen molar-refractivity contribution in [2.75, 3.05) is 0 Å². The van der Waals surface area contributed by atoms with E-state index < -0.39 is 5.97 Å². The fourth-order valence-electron chi connectivity index (χ4n) is 1.68. The van der Waals surface area contributed by atoms with Gasteiger partial charge in [-0.15, -0.1) is 0 Å². The van der Waals surface area contributed by atoms with Crippen LogP contribution < -0.4 is 0 Å². The van der Waals surface area contributed by atoms with Crippen LogP contribution in [0.5, 0.6) is 0 Å². The van der Waals surface area contributed by atoms with Gasteiger partial charge in [0.25, 0.3) is 0 Å². The summed E-state index contributed by atoms with van der Waals surface area (Å²) in [4.78, 5) is 19.6. The molecule has 1 aromatic heterocycles. The van der Waals surface area contributed by atoms with E-state index in [1.807, 2.05) is 6.07 Å². The SMILES string of the molecule is CC(C)(C)c1ccnc(-c2ccc(C(=O)O)cc2)n1. The van der Waals surface area contributed by atoms with E-state index >= 15 is 0 Å². The zero-order chi connectivity index (χ0) is 14.0. The Labute approximate surface area is 112 Å². The predicted octanol–water partition coefficient (Wildman–Crippen LogP) is 3.14. The highest BCUT2D eigenvalue weighted by molar-refractivity contribution is 5.88. The molecule has 0 saturated carbocycles. The molecule has 0 spiro atoms. The lowest BCUT2D eigenvalue weighted by molar-refractivity contribution is 0.0697. The number of carboxylic acids is 1. The summed E-state index contributed by atoms with van der Waals surface area (Å²) in [5, 5.41) is 8.87. The van der Waals surface area contributed by atoms with Crippen LogP contribution in [0.3, 0.4) is 0 Å². The third-order valence-corrected chi connectivity index (χ3v) is 2.81. The van der Waals surface area contributed by atoms with Gasteiger partial charge >= 0.3 is 5.97 Å². The minimum atomic E-state index is -0.934. The lowest BCUT2D eigenvalue weighted by Crippen LogP contribution is -2.14. The molecule has 1 heterocycles. The number of carbonyl (C=O) groups is 1. The smallest absolute Gasteiger partial charge is 0.335 e. The molecular formula is C15H16N2O2. The molecule has 2 rings (SSSR count). The molecule has 1 aromatic carbocycles. The van der Waals surface area contributed by atoms with Gasteiger partial charge in [0.2, 0.25) is 0 Å². The van der Waals surface area contributed by atoms with Crippen molar-refractivity contribution >= 4 is 5.97 Å². The molecule has 0 fully saturated rings. The van der Waals surface area contributed by atoms with Crippen molar-refractivity contribution in [1.29, 1.82) is 0 Å². The van der Waals surface area contributed by atoms with E-state index in [1.165, 1.54) is 0 Å². The molecule has 0 radical (unpaired) electrons. The van der Waals surface area contributed by atoms with Crippen LogP contribution >= 0.6 is 0 Å². The Morgan fingerprint density at radius 1 is 1.11 bits per heavy atom. The molecule has 4 nitrogen and oxygen atoms in total. The zero-order valence-electron chi connectivity index (χ0n) is 11.2. The summed E-state index contributed by atoms with van der Waals surface area (Å²) in [5.74, 6) is -0.319. The molecule has 0 saturated heterocycles. The summed E-state index contributed by atoms with van der Waals surface area (Å²) in [6.45, 7) is 6.27.